The van der Waals surface area contributed by atoms with Gasteiger partial charge < -0.3 is 10.0 Å². The Morgan fingerprint density at radius 1 is 1.15 bits per heavy atom. The highest BCUT2D eigenvalue weighted by Crippen LogP contribution is 2.28. The molecule has 1 N–H and O–H groups in total. The molecule has 1 aromatic rings. The minimum Gasteiger partial charge on any atom is -0.389 e. The average molecular weight is 274 g/mol. The number of hydrogen-bond donors (Lipinski definition) is 1. The van der Waals surface area contributed by atoms with Gasteiger partial charge in [-0.1, -0.05) is 18.6 Å². The molecule has 3 rings (SSSR count). The van der Waals surface area contributed by atoms with E-state index in [1.807, 2.05) is 6.92 Å². The van der Waals surface area contributed by atoms with E-state index in [4.69, 9.17) is 0 Å². The zero-order chi connectivity index (χ0) is 14.1. The van der Waals surface area contributed by atoms with Crippen LogP contribution in [0.1, 0.15) is 44.8 Å². The molecule has 2 fully saturated rings. The van der Waals surface area contributed by atoms with Crippen LogP contribution < -0.4 is 4.90 Å². The maximum Gasteiger partial charge on any atom is 0.0761 e. The lowest BCUT2D eigenvalue weighted by molar-refractivity contribution is 0.115. The number of aliphatic hydroxyl groups is 1. The first-order chi connectivity index (χ1) is 9.65. The lowest BCUT2D eigenvalue weighted by Crippen LogP contribution is -2.58. The highest BCUT2D eigenvalue weighted by Gasteiger charge is 2.32. The molecule has 3 nitrogen and oxygen atoms in total. The Morgan fingerprint density at radius 3 is 2.60 bits per heavy atom. The fourth-order valence-corrected chi connectivity index (χ4v) is 3.66. The summed E-state index contributed by atoms with van der Waals surface area (Å²) in [6.45, 7) is 7.76. The Bertz CT molecular complexity index is 443. The molecule has 2 aliphatic rings. The summed E-state index contributed by atoms with van der Waals surface area (Å²) in [6.07, 6.45) is 3.71. The van der Waals surface area contributed by atoms with Crippen LogP contribution in [0.4, 0.5) is 5.69 Å². The largest absolute Gasteiger partial charge is 0.389 e. The van der Waals surface area contributed by atoms with Gasteiger partial charge in [-0.15, -0.1) is 0 Å². The quantitative estimate of drug-likeness (QED) is 0.898. The molecule has 2 aliphatic heterocycles. The number of hydrogen-bond acceptors (Lipinski definition) is 3. The Kier molecular flexibility index (Phi) is 3.99. The Hall–Kier alpha value is -1.06. The summed E-state index contributed by atoms with van der Waals surface area (Å²) in [5, 5.41) is 9.61. The molecule has 2 unspecified atom stereocenters. The number of piperazine rings is 1. The zero-order valence-electron chi connectivity index (χ0n) is 12.6. The summed E-state index contributed by atoms with van der Waals surface area (Å²) in [7, 11) is 0. The van der Waals surface area contributed by atoms with Gasteiger partial charge in [0.25, 0.3) is 0 Å². The van der Waals surface area contributed by atoms with Gasteiger partial charge in [0.15, 0.2) is 0 Å². The molecular weight excluding hydrogens is 248 g/mol. The van der Waals surface area contributed by atoms with Gasteiger partial charge in [-0.05, 0) is 50.9 Å². The Morgan fingerprint density at radius 2 is 1.90 bits per heavy atom. The Labute approximate surface area is 122 Å². The summed E-state index contributed by atoms with van der Waals surface area (Å²) in [6, 6.07) is 9.74. The van der Waals surface area contributed by atoms with E-state index in [9.17, 15) is 5.11 Å². The zero-order valence-corrected chi connectivity index (χ0v) is 12.6. The van der Waals surface area contributed by atoms with Crippen LogP contribution in [0.15, 0.2) is 24.3 Å². The minimum atomic E-state index is -0.378. The summed E-state index contributed by atoms with van der Waals surface area (Å²) in [4.78, 5) is 5.22. The van der Waals surface area contributed by atoms with Gasteiger partial charge in [0.1, 0.15) is 0 Å². The lowest BCUT2D eigenvalue weighted by atomic mass is 9.96. The number of rotatable bonds is 2. The van der Waals surface area contributed by atoms with Crippen molar-refractivity contribution in [2.75, 3.05) is 24.5 Å². The highest BCUT2D eigenvalue weighted by molar-refractivity contribution is 5.49. The Balaban J connectivity index is 1.75. The van der Waals surface area contributed by atoms with Crippen LogP contribution in [-0.4, -0.2) is 41.7 Å². The molecule has 3 atom stereocenters. The maximum absolute atomic E-state index is 9.61. The van der Waals surface area contributed by atoms with Crippen LogP contribution in [0.3, 0.4) is 0 Å². The van der Waals surface area contributed by atoms with Crippen molar-refractivity contribution in [3.05, 3.63) is 29.8 Å². The number of anilines is 1. The van der Waals surface area contributed by atoms with Gasteiger partial charge in [0.2, 0.25) is 0 Å². The third-order valence-corrected chi connectivity index (χ3v) is 4.89. The highest BCUT2D eigenvalue weighted by atomic mass is 16.3. The smallest absolute Gasteiger partial charge is 0.0761 e. The fourth-order valence-electron chi connectivity index (χ4n) is 3.66. The molecule has 110 valence electrons. The molecule has 0 aromatic heterocycles. The van der Waals surface area contributed by atoms with Gasteiger partial charge in [0.05, 0.1) is 6.10 Å². The molecule has 0 aliphatic carbocycles. The van der Waals surface area contributed by atoms with E-state index in [1.54, 1.807) is 0 Å². The van der Waals surface area contributed by atoms with E-state index in [0.717, 1.165) is 18.2 Å². The molecule has 3 heteroatoms. The second-order valence-corrected chi connectivity index (χ2v) is 6.41. The summed E-state index contributed by atoms with van der Waals surface area (Å²) < 4.78 is 0. The molecule has 0 spiro atoms. The summed E-state index contributed by atoms with van der Waals surface area (Å²) in [5.41, 5.74) is 2.30. The molecule has 0 saturated carbocycles. The first-order valence-electron chi connectivity index (χ1n) is 7.94. The maximum atomic E-state index is 9.61. The second-order valence-electron chi connectivity index (χ2n) is 6.41. The predicted octanol–water partition coefficient (Wildman–Crippen LogP) is 2.80. The lowest BCUT2D eigenvalue weighted by Gasteiger charge is -2.48. The van der Waals surface area contributed by atoms with Crippen molar-refractivity contribution in [1.82, 2.24) is 4.90 Å². The first-order valence-corrected chi connectivity index (χ1v) is 7.94. The molecule has 20 heavy (non-hydrogen) atoms. The molecule has 0 radical (unpaired) electrons. The van der Waals surface area contributed by atoms with Crippen LogP contribution in [0.2, 0.25) is 0 Å². The first kappa shape index (κ1) is 13.9. The standard InChI is InChI=1S/C17H26N2O/c1-13-11-18-10-4-3-5-17(18)12-19(13)16-8-6-15(7-9-16)14(2)20/h6-9,13-14,17,20H,3-5,10-12H2,1-2H3/t13?,14-,17?/m1/s1. The van der Waals surface area contributed by atoms with Crippen molar-refractivity contribution in [3.8, 4) is 0 Å². The van der Waals surface area contributed by atoms with E-state index in [-0.39, 0.29) is 6.10 Å². The van der Waals surface area contributed by atoms with Gasteiger partial charge in [-0.2, -0.15) is 0 Å². The van der Waals surface area contributed by atoms with E-state index in [1.165, 1.54) is 38.0 Å². The molecule has 2 saturated heterocycles. The number of nitrogens with zero attached hydrogens (tertiary/aromatic N) is 2. The average Bonchev–Trinajstić information content (AvgIpc) is 2.46. The number of piperidine rings is 1. The van der Waals surface area contributed by atoms with E-state index in [2.05, 4.69) is 41.0 Å². The van der Waals surface area contributed by atoms with Crippen molar-refractivity contribution in [2.45, 2.75) is 51.3 Å². The summed E-state index contributed by atoms with van der Waals surface area (Å²) >= 11 is 0. The topological polar surface area (TPSA) is 26.7 Å². The normalized spacial score (nSPS) is 29.1. The van der Waals surface area contributed by atoms with Gasteiger partial charge in [0, 0.05) is 30.9 Å². The minimum absolute atomic E-state index is 0.378. The monoisotopic (exact) mass is 274 g/mol. The predicted molar refractivity (Wildman–Crippen MR) is 83.1 cm³/mol. The van der Waals surface area contributed by atoms with E-state index in [0.29, 0.717) is 6.04 Å². The van der Waals surface area contributed by atoms with Crippen LogP contribution in [-0.2, 0) is 0 Å². The number of fused-ring (bicyclic) bond motifs is 1. The third-order valence-electron chi connectivity index (χ3n) is 4.89. The fraction of sp³-hybridized carbons (Fsp3) is 0.647. The summed E-state index contributed by atoms with van der Waals surface area (Å²) in [5.74, 6) is 0. The third kappa shape index (κ3) is 2.70. The van der Waals surface area contributed by atoms with Crippen molar-refractivity contribution in [1.29, 1.82) is 0 Å². The van der Waals surface area contributed by atoms with Crippen molar-refractivity contribution in [2.24, 2.45) is 0 Å². The van der Waals surface area contributed by atoms with Crippen LogP contribution in [0, 0.1) is 0 Å². The van der Waals surface area contributed by atoms with Crippen molar-refractivity contribution in [3.63, 3.8) is 0 Å². The molecule has 1 aromatic carbocycles. The SMILES string of the molecule is CC1CN2CCCCC2CN1c1ccc([C@@H](C)O)cc1. The van der Waals surface area contributed by atoms with Gasteiger partial charge >= 0.3 is 0 Å². The van der Waals surface area contributed by atoms with Crippen LogP contribution in [0.25, 0.3) is 0 Å². The molecule has 2 heterocycles. The molecule has 0 bridgehead atoms. The van der Waals surface area contributed by atoms with Crippen LogP contribution >= 0.6 is 0 Å². The molecule has 0 amide bonds. The van der Waals surface area contributed by atoms with Crippen molar-refractivity contribution >= 4 is 5.69 Å². The molecular formula is C17H26N2O. The van der Waals surface area contributed by atoms with Crippen LogP contribution in [0.5, 0.6) is 0 Å². The van der Waals surface area contributed by atoms with E-state index < -0.39 is 0 Å². The van der Waals surface area contributed by atoms with Gasteiger partial charge in [-0.3, -0.25) is 4.90 Å². The van der Waals surface area contributed by atoms with E-state index >= 15 is 0 Å². The number of benzene rings is 1. The number of aliphatic hydroxyl groups excluding tert-OH is 1. The van der Waals surface area contributed by atoms with Crippen molar-refractivity contribution < 1.29 is 5.11 Å². The van der Waals surface area contributed by atoms with Gasteiger partial charge in [-0.25, -0.2) is 0 Å². The second kappa shape index (κ2) is 5.74.